The second-order valence-corrected chi connectivity index (χ2v) is 13.5. The van der Waals surface area contributed by atoms with E-state index in [1.165, 1.54) is 42.4 Å². The Morgan fingerprint density at radius 2 is 1.23 bits per heavy atom. The number of benzene rings is 2. The van der Waals surface area contributed by atoms with E-state index in [0.29, 0.717) is 5.92 Å². The number of hydrogen-bond donors (Lipinski definition) is 0. The maximum atomic E-state index is 2.62. The van der Waals surface area contributed by atoms with Crippen LogP contribution in [-0.4, -0.2) is 118 Å². The molecule has 0 aliphatic heterocycles. The molecule has 1 aliphatic rings. The van der Waals surface area contributed by atoms with E-state index in [0.717, 1.165) is 13.1 Å². The molecule has 1 aliphatic carbocycles. The fourth-order valence-corrected chi connectivity index (χ4v) is 6.97. The largest absolute Gasteiger partial charge is 0.292 e. The van der Waals surface area contributed by atoms with Crippen molar-refractivity contribution in [1.29, 1.82) is 0 Å². The normalized spacial score (nSPS) is 18.4. The molecule has 0 amide bonds. The lowest BCUT2D eigenvalue weighted by Gasteiger charge is -2.52. The standard InChI is InChI=1S/C34H58N6/c1-32(2,35(3)4)39(11)27-29-17-16-20-31(25-29)34(38(9)10,30-18-14-13-15-19-30)40(12)26-28-21-23-33(24-22-28,36(5)6)37(7)8/h13-20,25,28H,21-24,26-27H2,1-12H3. The molecule has 0 radical (unpaired) electrons. The highest BCUT2D eigenvalue weighted by molar-refractivity contribution is 5.40. The van der Waals surface area contributed by atoms with Crippen LogP contribution in [0.2, 0.25) is 0 Å². The summed E-state index contributed by atoms with van der Waals surface area (Å²) in [6.07, 6.45) is 4.89. The van der Waals surface area contributed by atoms with Crippen molar-refractivity contribution in [2.75, 3.05) is 77.0 Å². The Morgan fingerprint density at radius 1 is 0.675 bits per heavy atom. The summed E-state index contributed by atoms with van der Waals surface area (Å²) in [5.74, 6) is 0.663. The van der Waals surface area contributed by atoms with Gasteiger partial charge in [0.2, 0.25) is 0 Å². The van der Waals surface area contributed by atoms with Gasteiger partial charge in [0, 0.05) is 13.1 Å². The maximum Gasteiger partial charge on any atom is 0.126 e. The molecule has 0 aromatic heterocycles. The first-order valence-corrected chi connectivity index (χ1v) is 15.0. The van der Waals surface area contributed by atoms with Crippen LogP contribution in [-0.2, 0) is 12.2 Å². The van der Waals surface area contributed by atoms with Crippen LogP contribution in [0.3, 0.4) is 0 Å². The van der Waals surface area contributed by atoms with Gasteiger partial charge in [0.25, 0.3) is 0 Å². The minimum atomic E-state index is -0.370. The lowest BCUT2D eigenvalue weighted by atomic mass is 9.79. The minimum absolute atomic E-state index is 0.0415. The molecule has 1 saturated carbocycles. The van der Waals surface area contributed by atoms with E-state index >= 15 is 0 Å². The second kappa shape index (κ2) is 13.0. The van der Waals surface area contributed by atoms with Crippen LogP contribution in [0.4, 0.5) is 0 Å². The van der Waals surface area contributed by atoms with Crippen molar-refractivity contribution >= 4 is 0 Å². The highest BCUT2D eigenvalue weighted by atomic mass is 15.4. The fourth-order valence-electron chi connectivity index (χ4n) is 6.97. The molecule has 2 aromatic carbocycles. The molecule has 0 bridgehead atoms. The van der Waals surface area contributed by atoms with Crippen molar-refractivity contribution in [3.05, 3.63) is 71.3 Å². The average Bonchev–Trinajstić information content (AvgIpc) is 2.90. The van der Waals surface area contributed by atoms with Crippen LogP contribution >= 0.6 is 0 Å². The van der Waals surface area contributed by atoms with Crippen LogP contribution in [0, 0.1) is 5.92 Å². The smallest absolute Gasteiger partial charge is 0.126 e. The van der Waals surface area contributed by atoms with E-state index < -0.39 is 0 Å². The third-order valence-corrected chi connectivity index (χ3v) is 10.3. The van der Waals surface area contributed by atoms with Crippen molar-refractivity contribution in [3.8, 4) is 0 Å². The first-order chi connectivity index (χ1) is 18.7. The Bertz CT molecular complexity index is 1050. The first-order valence-electron chi connectivity index (χ1n) is 15.0. The molecule has 224 valence electrons. The third kappa shape index (κ3) is 6.33. The predicted molar refractivity (Wildman–Crippen MR) is 171 cm³/mol. The lowest BCUT2D eigenvalue weighted by molar-refractivity contribution is -0.0519. The minimum Gasteiger partial charge on any atom is -0.292 e. The van der Waals surface area contributed by atoms with Gasteiger partial charge in [-0.2, -0.15) is 0 Å². The second-order valence-electron chi connectivity index (χ2n) is 13.5. The number of rotatable bonds is 12. The fraction of sp³-hybridized carbons (Fsp3) is 0.647. The van der Waals surface area contributed by atoms with Gasteiger partial charge in [-0.15, -0.1) is 0 Å². The molecular weight excluding hydrogens is 492 g/mol. The summed E-state index contributed by atoms with van der Waals surface area (Å²) < 4.78 is 0. The molecule has 0 spiro atoms. The molecule has 3 rings (SSSR count). The molecule has 0 N–H and O–H groups in total. The highest BCUT2D eigenvalue weighted by Gasteiger charge is 2.44. The Labute approximate surface area is 246 Å². The number of hydrogen-bond acceptors (Lipinski definition) is 6. The Balaban J connectivity index is 1.98. The van der Waals surface area contributed by atoms with Gasteiger partial charge in [0.15, 0.2) is 0 Å². The van der Waals surface area contributed by atoms with Crippen LogP contribution in [0.15, 0.2) is 54.6 Å². The Hall–Kier alpha value is -1.80. The van der Waals surface area contributed by atoms with Crippen LogP contribution < -0.4 is 0 Å². The summed E-state index contributed by atoms with van der Waals surface area (Å²) in [4.78, 5) is 14.6. The monoisotopic (exact) mass is 550 g/mol. The summed E-state index contributed by atoms with van der Waals surface area (Å²) in [5, 5.41) is 0. The van der Waals surface area contributed by atoms with E-state index in [2.05, 4.69) is 168 Å². The van der Waals surface area contributed by atoms with Crippen LogP contribution in [0.25, 0.3) is 0 Å². The molecule has 1 unspecified atom stereocenters. The lowest BCUT2D eigenvalue weighted by Crippen LogP contribution is -2.59. The molecule has 0 heterocycles. The van der Waals surface area contributed by atoms with Gasteiger partial charge in [-0.3, -0.25) is 29.4 Å². The van der Waals surface area contributed by atoms with Crippen molar-refractivity contribution in [3.63, 3.8) is 0 Å². The molecular formula is C34H58N6. The average molecular weight is 551 g/mol. The van der Waals surface area contributed by atoms with E-state index in [9.17, 15) is 0 Å². The van der Waals surface area contributed by atoms with Crippen molar-refractivity contribution in [2.45, 2.75) is 63.1 Å². The third-order valence-electron chi connectivity index (χ3n) is 10.3. The van der Waals surface area contributed by atoms with Gasteiger partial charge in [-0.1, -0.05) is 54.6 Å². The maximum absolute atomic E-state index is 2.62. The Kier molecular flexibility index (Phi) is 10.6. The zero-order chi connectivity index (χ0) is 29.9. The van der Waals surface area contributed by atoms with Gasteiger partial charge in [-0.25, -0.2) is 0 Å². The molecule has 1 atom stereocenters. The molecule has 0 saturated heterocycles. The van der Waals surface area contributed by atoms with E-state index in [4.69, 9.17) is 0 Å². The van der Waals surface area contributed by atoms with Crippen molar-refractivity contribution in [2.24, 2.45) is 5.92 Å². The predicted octanol–water partition coefficient (Wildman–Crippen LogP) is 5.12. The molecule has 1 fully saturated rings. The van der Waals surface area contributed by atoms with Gasteiger partial charge >= 0.3 is 0 Å². The van der Waals surface area contributed by atoms with E-state index in [-0.39, 0.29) is 17.0 Å². The van der Waals surface area contributed by atoms with Crippen molar-refractivity contribution in [1.82, 2.24) is 29.4 Å². The van der Waals surface area contributed by atoms with Crippen LogP contribution in [0.5, 0.6) is 0 Å². The van der Waals surface area contributed by atoms with Crippen LogP contribution in [0.1, 0.15) is 56.2 Å². The number of nitrogens with zero attached hydrogens (tertiary/aromatic N) is 6. The van der Waals surface area contributed by atoms with Gasteiger partial charge in [-0.05, 0) is 133 Å². The van der Waals surface area contributed by atoms with E-state index in [1.54, 1.807) is 0 Å². The summed E-state index contributed by atoms with van der Waals surface area (Å²) in [6.45, 7) is 6.51. The topological polar surface area (TPSA) is 19.4 Å². The molecule has 2 aromatic rings. The summed E-state index contributed by atoms with van der Waals surface area (Å²) in [6, 6.07) is 20.4. The van der Waals surface area contributed by atoms with Crippen molar-refractivity contribution < 1.29 is 0 Å². The molecule has 6 heteroatoms. The zero-order valence-corrected chi connectivity index (χ0v) is 27.7. The van der Waals surface area contributed by atoms with E-state index in [1.807, 2.05) is 0 Å². The zero-order valence-electron chi connectivity index (χ0n) is 27.7. The Morgan fingerprint density at radius 3 is 1.73 bits per heavy atom. The van der Waals surface area contributed by atoms with Gasteiger partial charge in [0.05, 0.1) is 11.3 Å². The quantitative estimate of drug-likeness (QED) is 0.339. The summed E-state index contributed by atoms with van der Waals surface area (Å²) >= 11 is 0. The summed E-state index contributed by atoms with van der Waals surface area (Å²) in [7, 11) is 22.3. The highest BCUT2D eigenvalue weighted by Crippen LogP contribution is 2.41. The first kappa shape index (κ1) is 32.7. The van der Waals surface area contributed by atoms with Gasteiger partial charge in [0.1, 0.15) is 5.66 Å². The van der Waals surface area contributed by atoms with Gasteiger partial charge < -0.3 is 0 Å². The molecule has 6 nitrogen and oxygen atoms in total. The SMILES string of the molecule is CN(C)C(C)(C)N(C)Cc1cccc(C(c2ccccc2)(N(C)C)N(C)CC2CCC(N(C)C)(N(C)C)CC2)c1. The molecule has 40 heavy (non-hydrogen) atoms. The summed E-state index contributed by atoms with van der Waals surface area (Å²) in [5.41, 5.74) is 3.73.